The summed E-state index contributed by atoms with van der Waals surface area (Å²) < 4.78 is 10.3. The Bertz CT molecular complexity index is 783. The zero-order valence-electron chi connectivity index (χ0n) is 14.3. The van der Waals surface area contributed by atoms with E-state index in [0.717, 1.165) is 19.3 Å². The normalized spacial score (nSPS) is 16.0. The topological polar surface area (TPSA) is 64.6 Å². The number of ether oxygens (including phenoxy) is 2. The number of thiophene rings is 1. The van der Waals surface area contributed by atoms with E-state index in [1.807, 2.05) is 12.1 Å². The van der Waals surface area contributed by atoms with Gasteiger partial charge in [-0.15, -0.1) is 11.3 Å². The minimum Gasteiger partial charge on any atom is -0.495 e. The molecule has 1 aromatic heterocycles. The van der Waals surface area contributed by atoms with Gasteiger partial charge in [-0.2, -0.15) is 0 Å². The minimum atomic E-state index is -0.442. The van der Waals surface area contributed by atoms with E-state index in [1.54, 1.807) is 18.2 Å². The van der Waals surface area contributed by atoms with Crippen LogP contribution in [-0.4, -0.2) is 25.6 Å². The molecule has 0 spiro atoms. The van der Waals surface area contributed by atoms with Crippen molar-refractivity contribution in [3.8, 4) is 5.75 Å². The second-order valence-electron chi connectivity index (χ2n) is 6.23. The lowest BCUT2D eigenvalue weighted by Crippen LogP contribution is -2.20. The van der Waals surface area contributed by atoms with E-state index >= 15 is 0 Å². The SMILES string of the molecule is COc1ccccc1NC(=O)COC(=O)c1cc2c(s1)CC[C@H](C)C2. The summed E-state index contributed by atoms with van der Waals surface area (Å²) in [6.07, 6.45) is 3.18. The molecule has 3 rings (SSSR count). The van der Waals surface area contributed by atoms with Gasteiger partial charge in [-0.25, -0.2) is 4.79 Å². The molecule has 5 nitrogen and oxygen atoms in total. The Hall–Kier alpha value is -2.34. The van der Waals surface area contributed by atoms with Crippen LogP contribution in [-0.2, 0) is 22.4 Å². The molecule has 1 amide bonds. The summed E-state index contributed by atoms with van der Waals surface area (Å²) in [7, 11) is 1.53. The largest absolute Gasteiger partial charge is 0.495 e. The molecule has 0 radical (unpaired) electrons. The molecule has 0 saturated heterocycles. The number of fused-ring (bicyclic) bond motifs is 1. The van der Waals surface area contributed by atoms with E-state index in [2.05, 4.69) is 12.2 Å². The first-order valence-corrected chi connectivity index (χ1v) is 9.10. The first-order chi connectivity index (χ1) is 12.1. The predicted molar refractivity (Wildman–Crippen MR) is 97.4 cm³/mol. The van der Waals surface area contributed by atoms with Crippen LogP contribution in [0.25, 0.3) is 0 Å². The van der Waals surface area contributed by atoms with Crippen molar-refractivity contribution in [2.45, 2.75) is 26.2 Å². The molecule has 1 heterocycles. The minimum absolute atomic E-state index is 0.324. The molecule has 1 N–H and O–H groups in total. The van der Waals surface area contributed by atoms with Crippen LogP contribution in [0, 0.1) is 5.92 Å². The van der Waals surface area contributed by atoms with E-state index in [9.17, 15) is 9.59 Å². The number of esters is 1. The molecule has 0 unspecified atom stereocenters. The molecule has 0 saturated carbocycles. The number of hydrogen-bond acceptors (Lipinski definition) is 5. The number of aryl methyl sites for hydroxylation is 1. The Morgan fingerprint density at radius 1 is 1.32 bits per heavy atom. The maximum Gasteiger partial charge on any atom is 0.348 e. The van der Waals surface area contributed by atoms with Crippen LogP contribution < -0.4 is 10.1 Å². The van der Waals surface area contributed by atoms with Crippen LogP contribution in [0.3, 0.4) is 0 Å². The van der Waals surface area contributed by atoms with E-state index in [-0.39, 0.29) is 6.61 Å². The fraction of sp³-hybridized carbons (Fsp3) is 0.368. The van der Waals surface area contributed by atoms with Gasteiger partial charge in [0.25, 0.3) is 5.91 Å². The standard InChI is InChI=1S/C19H21NO4S/c1-12-7-8-16-13(9-12)10-17(25-16)19(22)24-11-18(21)20-14-5-3-4-6-15(14)23-2/h3-6,10,12H,7-9,11H2,1-2H3,(H,20,21)/t12-/m0/s1. The number of amides is 1. The summed E-state index contributed by atoms with van der Waals surface area (Å²) in [5.74, 6) is 0.370. The molecular weight excluding hydrogens is 338 g/mol. The Kier molecular flexibility index (Phi) is 5.38. The lowest BCUT2D eigenvalue weighted by molar-refractivity contribution is -0.119. The fourth-order valence-corrected chi connectivity index (χ4v) is 4.04. The van der Waals surface area contributed by atoms with Gasteiger partial charge in [0.15, 0.2) is 6.61 Å². The molecule has 1 atom stereocenters. The Morgan fingerprint density at radius 2 is 2.12 bits per heavy atom. The zero-order valence-corrected chi connectivity index (χ0v) is 15.2. The summed E-state index contributed by atoms with van der Waals surface area (Å²) in [6.45, 7) is 1.90. The zero-order chi connectivity index (χ0) is 17.8. The van der Waals surface area contributed by atoms with Crippen LogP contribution in [0.2, 0.25) is 0 Å². The molecule has 0 aliphatic heterocycles. The average Bonchev–Trinajstić information content (AvgIpc) is 3.03. The lowest BCUT2D eigenvalue weighted by Gasteiger charge is -2.16. The first kappa shape index (κ1) is 17.5. The molecule has 6 heteroatoms. The smallest absolute Gasteiger partial charge is 0.348 e. The predicted octanol–water partition coefficient (Wildman–Crippen LogP) is 3.68. The number of carbonyl (C=O) groups is 2. The van der Waals surface area contributed by atoms with Crippen LogP contribution in [0.5, 0.6) is 5.75 Å². The van der Waals surface area contributed by atoms with Gasteiger partial charge < -0.3 is 14.8 Å². The van der Waals surface area contributed by atoms with Gasteiger partial charge in [0.2, 0.25) is 0 Å². The van der Waals surface area contributed by atoms with Crippen molar-refractivity contribution >= 4 is 28.9 Å². The Balaban J connectivity index is 1.56. The van der Waals surface area contributed by atoms with E-state index in [1.165, 1.54) is 28.9 Å². The number of carbonyl (C=O) groups excluding carboxylic acids is 2. The van der Waals surface area contributed by atoms with Gasteiger partial charge in [0.1, 0.15) is 10.6 Å². The van der Waals surface area contributed by atoms with Gasteiger partial charge in [0.05, 0.1) is 12.8 Å². The molecule has 1 aromatic carbocycles. The highest BCUT2D eigenvalue weighted by molar-refractivity contribution is 7.14. The summed E-state index contributed by atoms with van der Waals surface area (Å²) in [6, 6.07) is 9.00. The van der Waals surface area contributed by atoms with Crippen molar-refractivity contribution < 1.29 is 19.1 Å². The molecule has 25 heavy (non-hydrogen) atoms. The number of nitrogens with one attached hydrogen (secondary N) is 1. The molecule has 1 aliphatic rings. The summed E-state index contributed by atoms with van der Waals surface area (Å²) in [5.41, 5.74) is 1.79. The summed E-state index contributed by atoms with van der Waals surface area (Å²) in [5, 5.41) is 2.69. The molecule has 132 valence electrons. The van der Waals surface area contributed by atoms with Crippen molar-refractivity contribution in [2.75, 3.05) is 19.0 Å². The molecule has 2 aromatic rings. The number of benzene rings is 1. The van der Waals surface area contributed by atoms with Gasteiger partial charge in [-0.1, -0.05) is 19.1 Å². The fourth-order valence-electron chi connectivity index (χ4n) is 2.94. The third kappa shape index (κ3) is 4.20. The second kappa shape index (κ2) is 7.70. The van der Waals surface area contributed by atoms with E-state index < -0.39 is 11.9 Å². The molecule has 0 fully saturated rings. The van der Waals surface area contributed by atoms with Crippen LogP contribution in [0.1, 0.15) is 33.5 Å². The first-order valence-electron chi connectivity index (χ1n) is 8.28. The maximum atomic E-state index is 12.2. The Labute approximate surface area is 151 Å². The van der Waals surface area contributed by atoms with Crippen LogP contribution in [0.4, 0.5) is 5.69 Å². The van der Waals surface area contributed by atoms with E-state index in [0.29, 0.717) is 22.2 Å². The lowest BCUT2D eigenvalue weighted by atomic mass is 9.90. The average molecular weight is 359 g/mol. The Morgan fingerprint density at radius 3 is 2.92 bits per heavy atom. The van der Waals surface area contributed by atoms with Gasteiger partial charge in [0, 0.05) is 4.88 Å². The summed E-state index contributed by atoms with van der Waals surface area (Å²) >= 11 is 1.48. The highest BCUT2D eigenvalue weighted by atomic mass is 32.1. The number of rotatable bonds is 5. The van der Waals surface area contributed by atoms with E-state index in [4.69, 9.17) is 9.47 Å². The maximum absolute atomic E-state index is 12.2. The van der Waals surface area contributed by atoms with Crippen LogP contribution >= 0.6 is 11.3 Å². The van der Waals surface area contributed by atoms with Crippen molar-refractivity contribution in [1.82, 2.24) is 0 Å². The van der Waals surface area contributed by atoms with Crippen LogP contribution in [0.15, 0.2) is 30.3 Å². The van der Waals surface area contributed by atoms with Crippen molar-refractivity contribution in [2.24, 2.45) is 5.92 Å². The van der Waals surface area contributed by atoms with Crippen molar-refractivity contribution in [3.63, 3.8) is 0 Å². The second-order valence-corrected chi connectivity index (χ2v) is 7.37. The number of methoxy groups -OCH3 is 1. The van der Waals surface area contributed by atoms with Gasteiger partial charge >= 0.3 is 5.97 Å². The third-order valence-electron chi connectivity index (χ3n) is 4.25. The van der Waals surface area contributed by atoms with Crippen molar-refractivity contribution in [3.05, 3.63) is 45.6 Å². The molecule has 1 aliphatic carbocycles. The van der Waals surface area contributed by atoms with Gasteiger partial charge in [-0.05, 0) is 48.9 Å². The summed E-state index contributed by atoms with van der Waals surface area (Å²) in [4.78, 5) is 26.1. The monoisotopic (exact) mass is 359 g/mol. The van der Waals surface area contributed by atoms with Crippen molar-refractivity contribution in [1.29, 1.82) is 0 Å². The highest BCUT2D eigenvalue weighted by Gasteiger charge is 2.21. The molecule has 0 bridgehead atoms. The molecular formula is C19H21NO4S. The number of anilines is 1. The highest BCUT2D eigenvalue weighted by Crippen LogP contribution is 2.32. The quantitative estimate of drug-likeness (QED) is 0.827. The third-order valence-corrected chi connectivity index (χ3v) is 5.46. The van der Waals surface area contributed by atoms with Gasteiger partial charge in [-0.3, -0.25) is 4.79 Å². The number of hydrogen-bond donors (Lipinski definition) is 1. The number of para-hydroxylation sites is 2.